The molecule has 0 aliphatic carbocycles. The van der Waals surface area contributed by atoms with Crippen LogP contribution in [0.25, 0.3) is 10.8 Å². The zero-order valence-electron chi connectivity index (χ0n) is 14.4. The summed E-state index contributed by atoms with van der Waals surface area (Å²) in [4.78, 5) is 14.7. The Kier molecular flexibility index (Phi) is 4.05. The summed E-state index contributed by atoms with van der Waals surface area (Å²) in [6.45, 7) is 4.51. The number of likely N-dealkylation sites (tertiary alicyclic amines) is 1. The smallest absolute Gasteiger partial charge is 0.222 e. The first-order valence-corrected chi connectivity index (χ1v) is 9.06. The van der Waals surface area contributed by atoms with Crippen LogP contribution < -0.4 is 0 Å². The van der Waals surface area contributed by atoms with Gasteiger partial charge in [0.25, 0.3) is 0 Å². The molecule has 0 radical (unpaired) electrons. The van der Waals surface area contributed by atoms with E-state index >= 15 is 0 Å². The Hall–Kier alpha value is -1.87. The van der Waals surface area contributed by atoms with E-state index in [2.05, 4.69) is 43.3 Å². The van der Waals surface area contributed by atoms with Crippen LogP contribution in [0.3, 0.4) is 0 Å². The van der Waals surface area contributed by atoms with Crippen LogP contribution in [0.1, 0.15) is 43.2 Å². The van der Waals surface area contributed by atoms with Gasteiger partial charge in [-0.25, -0.2) is 0 Å². The minimum atomic E-state index is -0.0280. The summed E-state index contributed by atoms with van der Waals surface area (Å²) in [6.07, 6.45) is 4.72. The fourth-order valence-corrected chi connectivity index (χ4v) is 4.25. The molecule has 2 fully saturated rings. The van der Waals surface area contributed by atoms with Crippen molar-refractivity contribution in [2.45, 2.75) is 51.2 Å². The van der Waals surface area contributed by atoms with Crippen LogP contribution in [-0.2, 0) is 16.1 Å². The van der Waals surface area contributed by atoms with Crippen LogP contribution in [-0.4, -0.2) is 29.6 Å². The standard InChI is InChI=1S/C21H25NO2/c1-16-7-8-17(19-6-3-2-5-18(16)19)15-22-13-12-21(10-4-14-24-21)11-9-20(22)23/h2-3,5-8H,4,9-15H2,1H3. The average molecular weight is 323 g/mol. The predicted octanol–water partition coefficient (Wildman–Crippen LogP) is 4.21. The summed E-state index contributed by atoms with van der Waals surface area (Å²) < 4.78 is 6.02. The van der Waals surface area contributed by atoms with Gasteiger partial charge < -0.3 is 9.64 Å². The minimum absolute atomic E-state index is 0.0280. The normalized spacial score (nSPS) is 24.7. The second-order valence-electron chi connectivity index (χ2n) is 7.29. The summed E-state index contributed by atoms with van der Waals surface area (Å²) in [6, 6.07) is 12.8. The highest BCUT2D eigenvalue weighted by molar-refractivity contribution is 5.89. The van der Waals surface area contributed by atoms with E-state index < -0.39 is 0 Å². The molecule has 24 heavy (non-hydrogen) atoms. The van der Waals surface area contributed by atoms with Gasteiger partial charge in [-0.2, -0.15) is 0 Å². The molecule has 2 heterocycles. The first-order valence-electron chi connectivity index (χ1n) is 9.06. The molecule has 2 aromatic rings. The molecule has 3 heteroatoms. The maximum absolute atomic E-state index is 12.6. The van der Waals surface area contributed by atoms with Crippen molar-refractivity contribution in [2.24, 2.45) is 0 Å². The number of nitrogens with zero attached hydrogens (tertiary/aromatic N) is 1. The van der Waals surface area contributed by atoms with E-state index in [1.807, 2.05) is 4.90 Å². The maximum Gasteiger partial charge on any atom is 0.222 e. The second-order valence-corrected chi connectivity index (χ2v) is 7.29. The molecule has 0 aromatic heterocycles. The SMILES string of the molecule is Cc1ccc(CN2CCC3(CCCO3)CCC2=O)c2ccccc12. The number of amides is 1. The highest BCUT2D eigenvalue weighted by Crippen LogP contribution is 2.36. The van der Waals surface area contributed by atoms with Gasteiger partial charge in [-0.1, -0.05) is 36.4 Å². The van der Waals surface area contributed by atoms with Crippen molar-refractivity contribution in [3.05, 3.63) is 47.5 Å². The molecule has 2 aliphatic heterocycles. The van der Waals surface area contributed by atoms with E-state index in [0.717, 1.165) is 38.8 Å². The molecule has 0 bridgehead atoms. The van der Waals surface area contributed by atoms with Crippen molar-refractivity contribution in [1.82, 2.24) is 4.90 Å². The second kappa shape index (κ2) is 6.21. The number of benzene rings is 2. The van der Waals surface area contributed by atoms with E-state index in [0.29, 0.717) is 13.0 Å². The van der Waals surface area contributed by atoms with Crippen LogP contribution >= 0.6 is 0 Å². The number of rotatable bonds is 2. The molecule has 2 aliphatic rings. The number of carbonyl (C=O) groups excluding carboxylic acids is 1. The average Bonchev–Trinajstić information content (AvgIpc) is 3.02. The lowest BCUT2D eigenvalue weighted by Crippen LogP contribution is -2.32. The van der Waals surface area contributed by atoms with Crippen molar-refractivity contribution >= 4 is 16.7 Å². The van der Waals surface area contributed by atoms with E-state index in [1.165, 1.54) is 21.9 Å². The molecular weight excluding hydrogens is 298 g/mol. The minimum Gasteiger partial charge on any atom is -0.375 e. The summed E-state index contributed by atoms with van der Waals surface area (Å²) in [5, 5.41) is 2.55. The maximum atomic E-state index is 12.6. The van der Waals surface area contributed by atoms with Gasteiger partial charge in [0.2, 0.25) is 5.91 Å². The topological polar surface area (TPSA) is 29.5 Å². The molecule has 1 spiro atoms. The number of hydrogen-bond acceptors (Lipinski definition) is 2. The van der Waals surface area contributed by atoms with Gasteiger partial charge >= 0.3 is 0 Å². The quantitative estimate of drug-likeness (QED) is 0.828. The predicted molar refractivity (Wildman–Crippen MR) is 95.9 cm³/mol. The molecule has 0 N–H and O–H groups in total. The van der Waals surface area contributed by atoms with Crippen molar-refractivity contribution in [3.63, 3.8) is 0 Å². The van der Waals surface area contributed by atoms with Crippen LogP contribution in [0.5, 0.6) is 0 Å². The highest BCUT2D eigenvalue weighted by Gasteiger charge is 2.38. The molecule has 2 saturated heterocycles. The van der Waals surface area contributed by atoms with Gasteiger partial charge in [-0.15, -0.1) is 0 Å². The van der Waals surface area contributed by atoms with E-state index in [1.54, 1.807) is 0 Å². The number of carbonyl (C=O) groups is 1. The number of aryl methyl sites for hydroxylation is 1. The van der Waals surface area contributed by atoms with Crippen LogP contribution in [0.4, 0.5) is 0 Å². The lowest BCUT2D eigenvalue weighted by molar-refractivity contribution is -0.131. The molecular formula is C21H25NO2. The Morgan fingerprint density at radius 3 is 2.71 bits per heavy atom. The van der Waals surface area contributed by atoms with E-state index in [-0.39, 0.29) is 11.5 Å². The van der Waals surface area contributed by atoms with Gasteiger partial charge in [-0.05, 0) is 54.5 Å². The Morgan fingerprint density at radius 2 is 1.92 bits per heavy atom. The summed E-state index contributed by atoms with van der Waals surface area (Å²) in [5.41, 5.74) is 2.50. The highest BCUT2D eigenvalue weighted by atomic mass is 16.5. The van der Waals surface area contributed by atoms with E-state index in [4.69, 9.17) is 4.74 Å². The van der Waals surface area contributed by atoms with Gasteiger partial charge in [0.15, 0.2) is 0 Å². The molecule has 2 aromatic carbocycles. The Balaban J connectivity index is 1.59. The molecule has 1 amide bonds. The number of fused-ring (bicyclic) bond motifs is 1. The molecule has 1 unspecified atom stereocenters. The molecule has 4 rings (SSSR count). The zero-order valence-corrected chi connectivity index (χ0v) is 14.4. The molecule has 1 atom stereocenters. The lowest BCUT2D eigenvalue weighted by Gasteiger charge is -2.27. The van der Waals surface area contributed by atoms with Crippen molar-refractivity contribution < 1.29 is 9.53 Å². The fraction of sp³-hybridized carbons (Fsp3) is 0.476. The number of ether oxygens (including phenoxy) is 1. The summed E-state index contributed by atoms with van der Waals surface area (Å²) in [5.74, 6) is 0.270. The van der Waals surface area contributed by atoms with Crippen LogP contribution in [0.2, 0.25) is 0 Å². The largest absolute Gasteiger partial charge is 0.375 e. The molecule has 0 saturated carbocycles. The Labute approximate surface area is 143 Å². The van der Waals surface area contributed by atoms with Gasteiger partial charge in [-0.3, -0.25) is 4.79 Å². The first-order chi connectivity index (χ1) is 11.7. The summed E-state index contributed by atoms with van der Waals surface area (Å²) in [7, 11) is 0. The lowest BCUT2D eigenvalue weighted by atomic mass is 9.92. The monoisotopic (exact) mass is 323 g/mol. The van der Waals surface area contributed by atoms with Crippen molar-refractivity contribution in [2.75, 3.05) is 13.2 Å². The van der Waals surface area contributed by atoms with Crippen molar-refractivity contribution in [1.29, 1.82) is 0 Å². The molecule has 3 nitrogen and oxygen atoms in total. The van der Waals surface area contributed by atoms with Gasteiger partial charge in [0.05, 0.1) is 5.60 Å². The van der Waals surface area contributed by atoms with Gasteiger partial charge in [0, 0.05) is 26.1 Å². The fourth-order valence-electron chi connectivity index (χ4n) is 4.25. The van der Waals surface area contributed by atoms with Crippen molar-refractivity contribution in [3.8, 4) is 0 Å². The Morgan fingerprint density at radius 1 is 1.08 bits per heavy atom. The van der Waals surface area contributed by atoms with Crippen LogP contribution in [0.15, 0.2) is 36.4 Å². The summed E-state index contributed by atoms with van der Waals surface area (Å²) >= 11 is 0. The molecule has 126 valence electrons. The zero-order chi connectivity index (χ0) is 16.6. The number of hydrogen-bond donors (Lipinski definition) is 0. The van der Waals surface area contributed by atoms with Crippen LogP contribution in [0, 0.1) is 6.92 Å². The third-order valence-electron chi connectivity index (χ3n) is 5.76. The third kappa shape index (κ3) is 2.82. The first kappa shape index (κ1) is 15.6. The Bertz CT molecular complexity index is 762. The van der Waals surface area contributed by atoms with Gasteiger partial charge in [0.1, 0.15) is 0 Å². The van der Waals surface area contributed by atoms with E-state index in [9.17, 15) is 4.79 Å². The third-order valence-corrected chi connectivity index (χ3v) is 5.76.